The first-order valence-corrected chi connectivity index (χ1v) is 14.0. The van der Waals surface area contributed by atoms with Gasteiger partial charge >= 0.3 is 6.09 Å². The third-order valence-corrected chi connectivity index (χ3v) is 7.50. The van der Waals surface area contributed by atoms with E-state index in [9.17, 15) is 18.8 Å². The molecule has 0 unspecified atom stereocenters. The molecule has 0 saturated carbocycles. The number of fused-ring (bicyclic) bond motifs is 4. The SMILES string of the molecule is COC(=O)Nc1ccc2c(c1)NC(=O)[C@H](C)CCCC[C@H](NC(=O)c1cn(-c3cccc(Cl)c3F)nn1)c1ccnc-2c1. The van der Waals surface area contributed by atoms with Crippen molar-refractivity contribution < 1.29 is 23.5 Å². The van der Waals surface area contributed by atoms with Gasteiger partial charge in [0.2, 0.25) is 5.91 Å². The molecule has 0 radical (unpaired) electrons. The van der Waals surface area contributed by atoms with Crippen LogP contribution in [0.4, 0.5) is 20.6 Å². The van der Waals surface area contributed by atoms with E-state index in [1.165, 1.54) is 25.4 Å². The van der Waals surface area contributed by atoms with Crippen molar-refractivity contribution in [3.63, 3.8) is 0 Å². The Hall–Kier alpha value is -4.84. The van der Waals surface area contributed by atoms with Crippen molar-refractivity contribution in [2.45, 2.75) is 38.6 Å². The number of halogens is 2. The highest BCUT2D eigenvalue weighted by atomic mass is 35.5. The van der Waals surface area contributed by atoms with Crippen LogP contribution in [-0.4, -0.2) is 45.0 Å². The first-order valence-electron chi connectivity index (χ1n) is 13.7. The second-order valence-corrected chi connectivity index (χ2v) is 10.6. The number of amides is 3. The average molecular weight is 606 g/mol. The van der Waals surface area contributed by atoms with Crippen LogP contribution in [0, 0.1) is 11.7 Å². The van der Waals surface area contributed by atoms with E-state index in [4.69, 9.17) is 16.3 Å². The number of carbonyl (C=O) groups is 3. The van der Waals surface area contributed by atoms with E-state index >= 15 is 0 Å². The number of methoxy groups -OCH3 is 1. The Kier molecular flexibility index (Phi) is 8.96. The Morgan fingerprint density at radius 1 is 1.14 bits per heavy atom. The van der Waals surface area contributed by atoms with Crippen molar-refractivity contribution in [2.75, 3.05) is 17.7 Å². The number of nitrogens with one attached hydrogen (secondary N) is 3. The molecule has 2 aromatic carbocycles. The lowest BCUT2D eigenvalue weighted by Crippen LogP contribution is -2.29. The highest BCUT2D eigenvalue weighted by molar-refractivity contribution is 6.30. The third-order valence-electron chi connectivity index (χ3n) is 7.21. The number of aromatic nitrogens is 4. The zero-order valence-electron chi connectivity index (χ0n) is 23.4. The molecule has 2 aromatic heterocycles. The molecule has 0 fully saturated rings. The van der Waals surface area contributed by atoms with Gasteiger partial charge in [-0.05, 0) is 60.9 Å². The number of nitrogens with zero attached hydrogens (tertiary/aromatic N) is 4. The maximum absolute atomic E-state index is 14.5. The van der Waals surface area contributed by atoms with Gasteiger partial charge in [-0.1, -0.05) is 42.6 Å². The van der Waals surface area contributed by atoms with Gasteiger partial charge in [-0.25, -0.2) is 13.9 Å². The molecule has 2 bridgehead atoms. The van der Waals surface area contributed by atoms with E-state index in [0.717, 1.165) is 23.1 Å². The van der Waals surface area contributed by atoms with Crippen molar-refractivity contribution in [1.29, 1.82) is 0 Å². The fourth-order valence-corrected chi connectivity index (χ4v) is 4.99. The molecule has 0 saturated heterocycles. The maximum atomic E-state index is 14.5. The molecule has 222 valence electrons. The normalized spacial score (nSPS) is 16.9. The lowest BCUT2D eigenvalue weighted by Gasteiger charge is -2.19. The van der Waals surface area contributed by atoms with Crippen molar-refractivity contribution >= 4 is 40.9 Å². The number of hydrogen-bond acceptors (Lipinski definition) is 7. The van der Waals surface area contributed by atoms with E-state index < -0.39 is 23.9 Å². The van der Waals surface area contributed by atoms with Crippen LogP contribution in [0.5, 0.6) is 0 Å². The van der Waals surface area contributed by atoms with E-state index in [1.807, 2.05) is 19.1 Å². The van der Waals surface area contributed by atoms with Crippen molar-refractivity contribution in [3.8, 4) is 16.9 Å². The summed E-state index contributed by atoms with van der Waals surface area (Å²) in [5, 5.41) is 16.4. The summed E-state index contributed by atoms with van der Waals surface area (Å²) in [6.07, 6.45) is 5.06. The molecular formula is C30H29ClFN7O4. The molecule has 3 N–H and O–H groups in total. The van der Waals surface area contributed by atoms with Gasteiger partial charge in [0.1, 0.15) is 5.69 Å². The van der Waals surface area contributed by atoms with Gasteiger partial charge in [0.15, 0.2) is 11.5 Å². The minimum absolute atomic E-state index is 0.0102. The van der Waals surface area contributed by atoms with Crippen molar-refractivity contribution in [3.05, 3.63) is 83.0 Å². The summed E-state index contributed by atoms with van der Waals surface area (Å²) < 4.78 is 20.4. The maximum Gasteiger partial charge on any atom is 0.411 e. The zero-order chi connectivity index (χ0) is 30.5. The third kappa shape index (κ3) is 6.81. The summed E-state index contributed by atoms with van der Waals surface area (Å²) in [6, 6.07) is 12.8. The van der Waals surface area contributed by atoms with Crippen molar-refractivity contribution in [2.24, 2.45) is 5.92 Å². The lowest BCUT2D eigenvalue weighted by molar-refractivity contribution is -0.119. The smallest absolute Gasteiger partial charge is 0.411 e. The zero-order valence-corrected chi connectivity index (χ0v) is 24.2. The topological polar surface area (TPSA) is 140 Å². The van der Waals surface area contributed by atoms with Crippen LogP contribution in [0.25, 0.3) is 16.9 Å². The number of carbonyl (C=O) groups excluding carboxylic acids is 3. The van der Waals surface area contributed by atoms with Gasteiger partial charge in [-0.3, -0.25) is 19.9 Å². The summed E-state index contributed by atoms with van der Waals surface area (Å²) in [7, 11) is 1.27. The Bertz CT molecular complexity index is 1680. The molecule has 0 aliphatic carbocycles. The number of rotatable bonds is 4. The summed E-state index contributed by atoms with van der Waals surface area (Å²) >= 11 is 5.90. The van der Waals surface area contributed by atoms with Crippen LogP contribution in [0.3, 0.4) is 0 Å². The molecule has 11 nitrogen and oxygen atoms in total. The summed E-state index contributed by atoms with van der Waals surface area (Å²) in [6.45, 7) is 1.86. The summed E-state index contributed by atoms with van der Waals surface area (Å²) in [5.74, 6) is -1.59. The van der Waals surface area contributed by atoms with Crippen molar-refractivity contribution in [1.82, 2.24) is 25.3 Å². The van der Waals surface area contributed by atoms with Crippen LogP contribution in [0.1, 0.15) is 54.7 Å². The number of hydrogen-bond donors (Lipinski definition) is 3. The molecule has 1 aliphatic heterocycles. The fourth-order valence-electron chi connectivity index (χ4n) is 4.82. The van der Waals surface area contributed by atoms with E-state index in [-0.39, 0.29) is 28.2 Å². The summed E-state index contributed by atoms with van der Waals surface area (Å²) in [4.78, 5) is 42.7. The molecule has 0 spiro atoms. The standard InChI is InChI=1S/C30H29ClFN7O4/c1-17-6-3-4-8-22(35-29(41)25-16-39(38-37-25)26-9-5-7-21(31)27(26)32)18-12-13-33-23(14-18)20-11-10-19(34-30(42)43-2)15-24(20)36-28(17)40/h5,7,9-17,22H,3-4,6,8H2,1-2H3,(H,34,42)(H,35,41)(H,36,40)/t17-,22+/m1/s1. The highest BCUT2D eigenvalue weighted by Crippen LogP contribution is 2.33. The number of anilines is 2. The van der Waals surface area contributed by atoms with Crippen LogP contribution < -0.4 is 16.0 Å². The molecule has 13 heteroatoms. The predicted molar refractivity (Wildman–Crippen MR) is 158 cm³/mol. The molecule has 3 amide bonds. The van der Waals surface area contributed by atoms with E-state index in [0.29, 0.717) is 35.5 Å². The Morgan fingerprint density at radius 3 is 2.77 bits per heavy atom. The quantitative estimate of drug-likeness (QED) is 0.262. The van der Waals surface area contributed by atoms with Crippen LogP contribution in [-0.2, 0) is 9.53 Å². The first-order chi connectivity index (χ1) is 20.7. The molecule has 43 heavy (non-hydrogen) atoms. The van der Waals surface area contributed by atoms with Crippen LogP contribution >= 0.6 is 11.6 Å². The van der Waals surface area contributed by atoms with Gasteiger partial charge in [0.25, 0.3) is 5.91 Å². The number of benzene rings is 2. The molecule has 5 rings (SSSR count). The minimum Gasteiger partial charge on any atom is -0.453 e. The largest absolute Gasteiger partial charge is 0.453 e. The second kappa shape index (κ2) is 13.0. The average Bonchev–Trinajstić information content (AvgIpc) is 3.50. The Labute approximate surface area is 251 Å². The molecule has 2 atom stereocenters. The van der Waals surface area contributed by atoms with Gasteiger partial charge in [-0.15, -0.1) is 5.10 Å². The monoisotopic (exact) mass is 605 g/mol. The van der Waals surface area contributed by atoms with Gasteiger partial charge in [0, 0.05) is 23.4 Å². The molecule has 3 heterocycles. The molecular weight excluding hydrogens is 577 g/mol. The Morgan fingerprint density at radius 2 is 1.95 bits per heavy atom. The molecule has 1 aliphatic rings. The number of pyridine rings is 1. The highest BCUT2D eigenvalue weighted by Gasteiger charge is 2.23. The Balaban J connectivity index is 1.46. The molecule has 4 aromatic rings. The first kappa shape index (κ1) is 29.6. The summed E-state index contributed by atoms with van der Waals surface area (Å²) in [5.41, 5.74) is 2.99. The van der Waals surface area contributed by atoms with Gasteiger partial charge < -0.3 is 15.4 Å². The lowest BCUT2D eigenvalue weighted by atomic mass is 9.97. The van der Waals surface area contributed by atoms with Crippen LogP contribution in [0.15, 0.2) is 60.9 Å². The fraction of sp³-hybridized carbons (Fsp3) is 0.267. The van der Waals surface area contributed by atoms with Gasteiger partial charge in [0.05, 0.1) is 35.8 Å². The minimum atomic E-state index is -0.670. The van der Waals surface area contributed by atoms with E-state index in [2.05, 4.69) is 31.2 Å². The van der Waals surface area contributed by atoms with E-state index in [1.54, 1.807) is 30.5 Å². The van der Waals surface area contributed by atoms with Crippen LogP contribution in [0.2, 0.25) is 5.02 Å². The number of ether oxygens (including phenoxy) is 1. The second-order valence-electron chi connectivity index (χ2n) is 10.2. The van der Waals surface area contributed by atoms with Gasteiger partial charge in [-0.2, -0.15) is 0 Å². The predicted octanol–water partition coefficient (Wildman–Crippen LogP) is 5.92.